The molecule has 7 atom stereocenters. The monoisotopic (exact) mass is 471 g/mol. The molecule has 4 aliphatic carbocycles. The molecule has 3 saturated carbocycles. The van der Waals surface area contributed by atoms with Gasteiger partial charge in [-0.3, -0.25) is 4.79 Å². The van der Waals surface area contributed by atoms with Gasteiger partial charge < -0.3 is 14.6 Å². The van der Waals surface area contributed by atoms with E-state index >= 15 is 0 Å². The summed E-state index contributed by atoms with van der Waals surface area (Å²) in [5.41, 5.74) is -1.53. The Morgan fingerprint density at radius 1 is 1.18 bits per heavy atom. The Labute approximate surface area is 206 Å². The summed E-state index contributed by atoms with van der Waals surface area (Å²) < 4.78 is 12.0. The number of hydrogen-bond donors (Lipinski definition) is 1. The average Bonchev–Trinajstić information content (AvgIpc) is 3.37. The molecule has 190 valence electrons. The minimum atomic E-state index is -1.14. The second kappa shape index (κ2) is 9.94. The third-order valence-corrected chi connectivity index (χ3v) is 10.2. The molecule has 0 radical (unpaired) electrons. The number of aliphatic carboxylic acids is 1. The van der Waals surface area contributed by atoms with Crippen LogP contribution in [0.4, 0.5) is 0 Å². The van der Waals surface area contributed by atoms with Crippen molar-refractivity contribution in [1.82, 2.24) is 0 Å². The Morgan fingerprint density at radius 2 is 1.91 bits per heavy atom. The predicted octanol–water partition coefficient (Wildman–Crippen LogP) is 6.59. The zero-order chi connectivity index (χ0) is 24.6. The van der Waals surface area contributed by atoms with Crippen molar-refractivity contribution in [3.63, 3.8) is 0 Å². The van der Waals surface area contributed by atoms with Gasteiger partial charge in [-0.2, -0.15) is 5.26 Å². The number of hydrogen-bond acceptors (Lipinski definition) is 4. The topological polar surface area (TPSA) is 79.5 Å². The van der Waals surface area contributed by atoms with E-state index in [9.17, 15) is 15.2 Å². The van der Waals surface area contributed by atoms with Gasteiger partial charge in [0.15, 0.2) is 0 Å². The zero-order valence-corrected chi connectivity index (χ0v) is 21.8. The van der Waals surface area contributed by atoms with E-state index in [-0.39, 0.29) is 24.5 Å². The van der Waals surface area contributed by atoms with Crippen molar-refractivity contribution in [3.8, 4) is 6.07 Å². The number of allylic oxidation sites excluding steroid dienone is 1. The molecule has 0 aromatic rings. The molecule has 4 rings (SSSR count). The molecule has 0 aromatic carbocycles. The fourth-order valence-electron chi connectivity index (χ4n) is 8.87. The van der Waals surface area contributed by atoms with Crippen LogP contribution in [-0.2, 0) is 14.3 Å². The van der Waals surface area contributed by atoms with Crippen molar-refractivity contribution in [2.75, 3.05) is 20.0 Å². The quantitative estimate of drug-likeness (QED) is 0.186. The highest BCUT2D eigenvalue weighted by Crippen LogP contribution is 2.83. The van der Waals surface area contributed by atoms with Crippen LogP contribution in [0.2, 0.25) is 0 Å². The molecule has 5 heteroatoms. The second-order valence-corrected chi connectivity index (χ2v) is 12.1. The SMILES string of the molecule is CCCCCCCCOCOCC12CC3C(C)CCC3C3(C#N)CC1C=C(C(C)C)C32C(=O)O. The molecule has 0 aliphatic heterocycles. The lowest BCUT2D eigenvalue weighted by Crippen LogP contribution is -2.62. The van der Waals surface area contributed by atoms with Gasteiger partial charge in [0.1, 0.15) is 12.2 Å². The van der Waals surface area contributed by atoms with Gasteiger partial charge in [-0.05, 0) is 55.3 Å². The van der Waals surface area contributed by atoms with E-state index in [0.717, 1.165) is 31.3 Å². The number of nitriles is 1. The molecular weight excluding hydrogens is 426 g/mol. The molecule has 0 amide bonds. The first kappa shape index (κ1) is 25.7. The van der Waals surface area contributed by atoms with Gasteiger partial charge in [-0.25, -0.2) is 0 Å². The van der Waals surface area contributed by atoms with Crippen LogP contribution in [0.25, 0.3) is 0 Å². The van der Waals surface area contributed by atoms with Crippen LogP contribution >= 0.6 is 0 Å². The maximum atomic E-state index is 13.4. The summed E-state index contributed by atoms with van der Waals surface area (Å²) in [7, 11) is 0. The van der Waals surface area contributed by atoms with Crippen molar-refractivity contribution in [1.29, 1.82) is 5.26 Å². The molecule has 34 heavy (non-hydrogen) atoms. The van der Waals surface area contributed by atoms with E-state index in [4.69, 9.17) is 9.47 Å². The number of carboxylic acid groups (broad SMARTS) is 1. The summed E-state index contributed by atoms with van der Waals surface area (Å²) in [5, 5.41) is 21.6. The Balaban J connectivity index is 1.51. The van der Waals surface area contributed by atoms with E-state index in [0.29, 0.717) is 31.5 Å². The molecule has 0 saturated heterocycles. The van der Waals surface area contributed by atoms with Crippen molar-refractivity contribution < 1.29 is 19.4 Å². The number of carbonyl (C=O) groups is 1. The largest absolute Gasteiger partial charge is 0.481 e. The molecule has 1 N–H and O–H groups in total. The highest BCUT2D eigenvalue weighted by atomic mass is 16.7. The standard InChI is InChI=1S/C29H45NO4/c1-5-6-7-8-9-10-13-33-19-34-18-28-16-23-21(4)11-12-24(23)27(17-30)15-22(28)14-25(20(2)3)29(27,28)26(31)32/h14,20-24H,5-13,15-16,18-19H2,1-4H3,(H,31,32). The van der Waals surface area contributed by atoms with Crippen LogP contribution in [0, 0.1) is 57.2 Å². The third-order valence-electron chi connectivity index (χ3n) is 10.2. The van der Waals surface area contributed by atoms with Crippen molar-refractivity contribution in [2.45, 2.75) is 91.9 Å². The molecule has 0 spiro atoms. The van der Waals surface area contributed by atoms with Crippen molar-refractivity contribution in [2.24, 2.45) is 45.8 Å². The van der Waals surface area contributed by atoms with Crippen LogP contribution in [0.1, 0.15) is 91.9 Å². The number of fused-ring (bicyclic) bond motifs is 2. The fourth-order valence-corrected chi connectivity index (χ4v) is 8.87. The highest BCUT2D eigenvalue weighted by Gasteiger charge is 2.84. The minimum absolute atomic E-state index is 0.0945. The van der Waals surface area contributed by atoms with Crippen LogP contribution in [0.5, 0.6) is 0 Å². The van der Waals surface area contributed by atoms with Crippen LogP contribution in [-0.4, -0.2) is 31.1 Å². The molecule has 3 fully saturated rings. The van der Waals surface area contributed by atoms with Gasteiger partial charge >= 0.3 is 5.97 Å². The summed E-state index contributed by atoms with van der Waals surface area (Å²) in [5.74, 6) is 0.512. The first-order valence-electron chi connectivity index (χ1n) is 13.8. The number of nitrogens with zero attached hydrogens (tertiary/aromatic N) is 1. The predicted molar refractivity (Wildman–Crippen MR) is 132 cm³/mol. The number of ether oxygens (including phenoxy) is 2. The third kappa shape index (κ3) is 3.50. The summed E-state index contributed by atoms with van der Waals surface area (Å²) in [6, 6.07) is 2.69. The van der Waals surface area contributed by atoms with Gasteiger partial charge in [-0.1, -0.05) is 77.9 Å². The lowest BCUT2D eigenvalue weighted by molar-refractivity contribution is -0.185. The second-order valence-electron chi connectivity index (χ2n) is 12.1. The Kier molecular flexibility index (Phi) is 7.51. The lowest BCUT2D eigenvalue weighted by Gasteiger charge is -2.57. The highest BCUT2D eigenvalue weighted by molar-refractivity contribution is 5.85. The van der Waals surface area contributed by atoms with E-state index in [1.54, 1.807) is 0 Å². The van der Waals surface area contributed by atoms with Crippen molar-refractivity contribution >= 4 is 5.97 Å². The summed E-state index contributed by atoms with van der Waals surface area (Å²) >= 11 is 0. The van der Waals surface area contributed by atoms with E-state index in [2.05, 4.69) is 39.8 Å². The first-order chi connectivity index (χ1) is 16.3. The Hall–Kier alpha value is -1.38. The van der Waals surface area contributed by atoms with Gasteiger partial charge in [0.25, 0.3) is 0 Å². The Morgan fingerprint density at radius 3 is 2.59 bits per heavy atom. The number of rotatable bonds is 13. The van der Waals surface area contributed by atoms with E-state index < -0.39 is 22.2 Å². The molecule has 0 aromatic heterocycles. The van der Waals surface area contributed by atoms with Gasteiger partial charge in [0.2, 0.25) is 0 Å². The lowest BCUT2D eigenvalue weighted by atomic mass is 9.43. The van der Waals surface area contributed by atoms with Gasteiger partial charge in [0, 0.05) is 12.0 Å². The van der Waals surface area contributed by atoms with E-state index in [1.807, 2.05) is 0 Å². The zero-order valence-electron chi connectivity index (χ0n) is 21.8. The normalized spacial score (nSPS) is 39.8. The summed E-state index contributed by atoms with van der Waals surface area (Å²) in [4.78, 5) is 13.4. The minimum Gasteiger partial charge on any atom is -0.481 e. The van der Waals surface area contributed by atoms with Gasteiger partial charge in [0.05, 0.1) is 18.1 Å². The van der Waals surface area contributed by atoms with Gasteiger partial charge in [-0.15, -0.1) is 0 Å². The maximum Gasteiger partial charge on any atom is 0.316 e. The molecular formula is C29H45NO4. The fraction of sp³-hybridized carbons (Fsp3) is 0.862. The summed E-state index contributed by atoms with van der Waals surface area (Å²) in [6.45, 7) is 9.96. The Bertz CT molecular complexity index is 830. The van der Waals surface area contributed by atoms with E-state index in [1.165, 1.54) is 32.1 Å². The molecule has 4 bridgehead atoms. The number of unbranched alkanes of at least 4 members (excludes halogenated alkanes) is 5. The maximum absolute atomic E-state index is 13.4. The van der Waals surface area contributed by atoms with Crippen LogP contribution < -0.4 is 0 Å². The van der Waals surface area contributed by atoms with Crippen LogP contribution in [0.3, 0.4) is 0 Å². The molecule has 7 unspecified atom stereocenters. The average molecular weight is 472 g/mol. The summed E-state index contributed by atoms with van der Waals surface area (Å²) in [6.07, 6.45) is 13.2. The number of carboxylic acids is 1. The smallest absolute Gasteiger partial charge is 0.316 e. The molecule has 4 aliphatic rings. The van der Waals surface area contributed by atoms with Crippen LogP contribution in [0.15, 0.2) is 11.6 Å². The van der Waals surface area contributed by atoms with Crippen molar-refractivity contribution in [3.05, 3.63) is 11.6 Å². The molecule has 5 nitrogen and oxygen atoms in total. The molecule has 0 heterocycles. The first-order valence-corrected chi connectivity index (χ1v) is 13.8.